The summed E-state index contributed by atoms with van der Waals surface area (Å²) in [6.07, 6.45) is 4.09. The van der Waals surface area contributed by atoms with E-state index in [9.17, 15) is 14.4 Å². The Morgan fingerprint density at radius 1 is 1.17 bits per heavy atom. The smallest absolute Gasteiger partial charge is 0.303 e. The molecule has 23 heavy (non-hydrogen) atoms. The van der Waals surface area contributed by atoms with Crippen molar-refractivity contribution < 1.29 is 19.5 Å². The first-order valence-corrected chi connectivity index (χ1v) is 8.50. The SMILES string of the molecule is CC(C)(C)C(=O)N1CCCC(C(=O)NCCCCCC(=O)O)C1. The highest BCUT2D eigenvalue weighted by molar-refractivity contribution is 5.83. The quantitative estimate of drug-likeness (QED) is 0.701. The predicted molar refractivity (Wildman–Crippen MR) is 87.9 cm³/mol. The van der Waals surface area contributed by atoms with Gasteiger partial charge >= 0.3 is 5.97 Å². The molecule has 1 rings (SSSR count). The van der Waals surface area contributed by atoms with Crippen molar-refractivity contribution in [3.8, 4) is 0 Å². The van der Waals surface area contributed by atoms with Crippen LogP contribution in [0, 0.1) is 11.3 Å². The molecule has 1 heterocycles. The van der Waals surface area contributed by atoms with Gasteiger partial charge in [0.2, 0.25) is 11.8 Å². The maximum Gasteiger partial charge on any atom is 0.303 e. The Bertz CT molecular complexity index is 429. The highest BCUT2D eigenvalue weighted by Crippen LogP contribution is 2.23. The Labute approximate surface area is 138 Å². The molecule has 6 nitrogen and oxygen atoms in total. The van der Waals surface area contributed by atoms with E-state index in [4.69, 9.17) is 5.11 Å². The molecule has 1 unspecified atom stereocenters. The van der Waals surface area contributed by atoms with Gasteiger partial charge < -0.3 is 15.3 Å². The summed E-state index contributed by atoms with van der Waals surface area (Å²) in [6, 6.07) is 0. The number of carboxylic acids is 1. The van der Waals surface area contributed by atoms with Crippen molar-refractivity contribution in [1.29, 1.82) is 0 Å². The van der Waals surface area contributed by atoms with E-state index in [0.29, 0.717) is 19.5 Å². The molecule has 132 valence electrons. The normalized spacial score (nSPS) is 18.6. The van der Waals surface area contributed by atoms with Crippen molar-refractivity contribution in [2.24, 2.45) is 11.3 Å². The minimum atomic E-state index is -0.778. The summed E-state index contributed by atoms with van der Waals surface area (Å²) in [7, 11) is 0. The van der Waals surface area contributed by atoms with Crippen LogP contribution in [-0.2, 0) is 14.4 Å². The zero-order valence-corrected chi connectivity index (χ0v) is 14.6. The lowest BCUT2D eigenvalue weighted by molar-refractivity contribution is -0.143. The molecule has 0 bridgehead atoms. The van der Waals surface area contributed by atoms with Crippen molar-refractivity contribution in [3.05, 3.63) is 0 Å². The summed E-state index contributed by atoms with van der Waals surface area (Å²) >= 11 is 0. The van der Waals surface area contributed by atoms with Crippen LogP contribution in [0.4, 0.5) is 0 Å². The zero-order chi connectivity index (χ0) is 17.5. The van der Waals surface area contributed by atoms with E-state index in [-0.39, 0.29) is 24.2 Å². The molecule has 0 aliphatic carbocycles. The average molecular weight is 326 g/mol. The van der Waals surface area contributed by atoms with Crippen molar-refractivity contribution in [1.82, 2.24) is 10.2 Å². The maximum absolute atomic E-state index is 12.3. The molecule has 0 spiro atoms. The largest absolute Gasteiger partial charge is 0.481 e. The molecule has 1 aliphatic rings. The lowest BCUT2D eigenvalue weighted by Crippen LogP contribution is -2.48. The molecule has 1 fully saturated rings. The molecule has 0 aromatic rings. The second-order valence-electron chi connectivity index (χ2n) is 7.34. The van der Waals surface area contributed by atoms with Crippen LogP contribution in [0.3, 0.4) is 0 Å². The van der Waals surface area contributed by atoms with Gasteiger partial charge in [0.1, 0.15) is 0 Å². The molecular formula is C17H30N2O4. The lowest BCUT2D eigenvalue weighted by Gasteiger charge is -2.35. The number of rotatable bonds is 7. The van der Waals surface area contributed by atoms with Crippen LogP contribution in [-0.4, -0.2) is 47.4 Å². The topological polar surface area (TPSA) is 86.7 Å². The fourth-order valence-electron chi connectivity index (χ4n) is 2.78. The monoisotopic (exact) mass is 326 g/mol. The second-order valence-corrected chi connectivity index (χ2v) is 7.34. The maximum atomic E-state index is 12.3. The van der Waals surface area contributed by atoms with Crippen LogP contribution in [0.15, 0.2) is 0 Å². The molecule has 2 amide bonds. The van der Waals surface area contributed by atoms with Crippen molar-refractivity contribution in [2.45, 2.75) is 59.3 Å². The van der Waals surface area contributed by atoms with E-state index in [2.05, 4.69) is 5.32 Å². The molecular weight excluding hydrogens is 296 g/mol. The van der Waals surface area contributed by atoms with E-state index < -0.39 is 11.4 Å². The van der Waals surface area contributed by atoms with Gasteiger partial charge in [-0.2, -0.15) is 0 Å². The van der Waals surface area contributed by atoms with Gasteiger partial charge in [0.15, 0.2) is 0 Å². The molecule has 1 saturated heterocycles. The summed E-state index contributed by atoms with van der Waals surface area (Å²) < 4.78 is 0. The molecule has 1 atom stereocenters. The number of likely N-dealkylation sites (tertiary alicyclic amines) is 1. The van der Waals surface area contributed by atoms with E-state index >= 15 is 0 Å². The number of carbonyl (C=O) groups excluding carboxylic acids is 2. The van der Waals surface area contributed by atoms with E-state index in [0.717, 1.165) is 32.2 Å². The van der Waals surface area contributed by atoms with Crippen LogP contribution in [0.5, 0.6) is 0 Å². The third kappa shape index (κ3) is 7.01. The number of nitrogens with one attached hydrogen (secondary N) is 1. The minimum Gasteiger partial charge on any atom is -0.481 e. The molecule has 0 radical (unpaired) electrons. The Morgan fingerprint density at radius 3 is 2.48 bits per heavy atom. The number of carboxylic acid groups (broad SMARTS) is 1. The van der Waals surface area contributed by atoms with Gasteiger partial charge in [0, 0.05) is 31.5 Å². The molecule has 1 aliphatic heterocycles. The fourth-order valence-corrected chi connectivity index (χ4v) is 2.78. The molecule has 0 aromatic heterocycles. The van der Waals surface area contributed by atoms with Crippen LogP contribution in [0.1, 0.15) is 59.3 Å². The molecule has 6 heteroatoms. The first kappa shape index (κ1) is 19.5. The van der Waals surface area contributed by atoms with Gasteiger partial charge in [-0.1, -0.05) is 27.2 Å². The fraction of sp³-hybridized carbons (Fsp3) is 0.824. The van der Waals surface area contributed by atoms with E-state index in [1.807, 2.05) is 20.8 Å². The van der Waals surface area contributed by atoms with Crippen LogP contribution in [0.2, 0.25) is 0 Å². The summed E-state index contributed by atoms with van der Waals surface area (Å²) in [4.78, 5) is 36.7. The summed E-state index contributed by atoms with van der Waals surface area (Å²) in [5.41, 5.74) is -0.414. The predicted octanol–water partition coefficient (Wildman–Crippen LogP) is 2.03. The number of carbonyl (C=O) groups is 3. The Hall–Kier alpha value is -1.59. The first-order chi connectivity index (χ1) is 10.7. The molecule has 2 N–H and O–H groups in total. The van der Waals surface area contributed by atoms with Gasteiger partial charge in [0.05, 0.1) is 5.92 Å². The van der Waals surface area contributed by atoms with Crippen molar-refractivity contribution >= 4 is 17.8 Å². The number of piperidine rings is 1. The van der Waals surface area contributed by atoms with Crippen LogP contribution in [0.25, 0.3) is 0 Å². The second kappa shape index (κ2) is 8.89. The summed E-state index contributed by atoms with van der Waals surface area (Å²) in [5.74, 6) is -0.799. The molecule has 0 saturated carbocycles. The van der Waals surface area contributed by atoms with Crippen LogP contribution < -0.4 is 5.32 Å². The number of hydrogen-bond acceptors (Lipinski definition) is 3. The average Bonchev–Trinajstić information content (AvgIpc) is 2.48. The van der Waals surface area contributed by atoms with E-state index in [1.165, 1.54) is 0 Å². The van der Waals surface area contributed by atoms with Crippen molar-refractivity contribution in [2.75, 3.05) is 19.6 Å². The Morgan fingerprint density at radius 2 is 1.87 bits per heavy atom. The number of amides is 2. The summed E-state index contributed by atoms with van der Waals surface area (Å²) in [5, 5.41) is 11.5. The van der Waals surface area contributed by atoms with Gasteiger partial charge in [0.25, 0.3) is 0 Å². The first-order valence-electron chi connectivity index (χ1n) is 8.50. The van der Waals surface area contributed by atoms with E-state index in [1.54, 1.807) is 4.90 Å². The van der Waals surface area contributed by atoms with Crippen molar-refractivity contribution in [3.63, 3.8) is 0 Å². The number of unbranched alkanes of at least 4 members (excludes halogenated alkanes) is 2. The van der Waals surface area contributed by atoms with Gasteiger partial charge in [-0.3, -0.25) is 14.4 Å². The highest BCUT2D eigenvalue weighted by Gasteiger charge is 2.33. The third-order valence-electron chi connectivity index (χ3n) is 4.09. The lowest BCUT2D eigenvalue weighted by atomic mass is 9.91. The highest BCUT2D eigenvalue weighted by atomic mass is 16.4. The minimum absolute atomic E-state index is 0.00893. The Kier molecular flexibility index (Phi) is 7.52. The zero-order valence-electron chi connectivity index (χ0n) is 14.6. The Balaban J connectivity index is 2.30. The van der Waals surface area contributed by atoms with Gasteiger partial charge in [-0.15, -0.1) is 0 Å². The standard InChI is InChI=1S/C17H30N2O4/c1-17(2,3)16(23)19-11-7-8-13(12-19)15(22)18-10-6-4-5-9-14(20)21/h13H,4-12H2,1-3H3,(H,18,22)(H,20,21). The molecule has 0 aromatic carbocycles. The van der Waals surface area contributed by atoms with Gasteiger partial charge in [-0.25, -0.2) is 0 Å². The number of nitrogens with zero attached hydrogens (tertiary/aromatic N) is 1. The number of hydrogen-bond donors (Lipinski definition) is 2. The summed E-state index contributed by atoms with van der Waals surface area (Å²) in [6.45, 7) is 7.50. The third-order valence-corrected chi connectivity index (χ3v) is 4.09. The number of aliphatic carboxylic acids is 1. The van der Waals surface area contributed by atoms with Gasteiger partial charge in [-0.05, 0) is 25.7 Å². The van der Waals surface area contributed by atoms with Crippen LogP contribution >= 0.6 is 0 Å².